The fraction of sp³-hybridized carbons (Fsp3) is 0.700. The highest BCUT2D eigenvalue weighted by atomic mass is 35.5. The first kappa shape index (κ1) is 16.9. The van der Waals surface area contributed by atoms with Crippen molar-refractivity contribution < 1.29 is 0 Å². The van der Waals surface area contributed by atoms with Gasteiger partial charge in [-0.1, -0.05) is 77.1 Å². The number of rotatable bonds is 6. The first-order chi connectivity index (χ1) is 10.1. The van der Waals surface area contributed by atoms with E-state index in [0.717, 1.165) is 5.92 Å². The van der Waals surface area contributed by atoms with Crippen LogP contribution in [0.4, 0.5) is 0 Å². The van der Waals surface area contributed by atoms with Gasteiger partial charge in [0, 0.05) is 0 Å². The Bertz CT molecular complexity index is 398. The predicted molar refractivity (Wildman–Crippen MR) is 94.1 cm³/mol. The second-order valence-electron chi connectivity index (χ2n) is 7.15. The molecule has 1 atom stereocenters. The topological polar surface area (TPSA) is 0 Å². The van der Waals surface area contributed by atoms with Gasteiger partial charge in [-0.2, -0.15) is 0 Å². The molecule has 1 fully saturated rings. The molecule has 1 aliphatic carbocycles. The highest BCUT2D eigenvalue weighted by molar-refractivity contribution is 6.21. The Hall–Kier alpha value is -0.490. The number of unbranched alkanes of at least 4 members (excludes halogenated alkanes) is 1. The van der Waals surface area contributed by atoms with Crippen molar-refractivity contribution in [2.45, 2.75) is 77.0 Å². The van der Waals surface area contributed by atoms with Crippen LogP contribution in [0.25, 0.3) is 0 Å². The Kier molecular flexibility index (Phi) is 6.61. The van der Waals surface area contributed by atoms with Crippen LogP contribution in [0.1, 0.15) is 88.1 Å². The van der Waals surface area contributed by atoms with Gasteiger partial charge in [-0.05, 0) is 41.7 Å². The molecule has 0 aromatic heterocycles. The van der Waals surface area contributed by atoms with E-state index in [1.165, 1.54) is 56.1 Å². The third-order valence-electron chi connectivity index (χ3n) is 5.19. The maximum absolute atomic E-state index is 6.77. The van der Waals surface area contributed by atoms with Crippen LogP contribution in [-0.2, 0) is 0 Å². The fourth-order valence-electron chi connectivity index (χ4n) is 3.60. The average molecular weight is 307 g/mol. The minimum Gasteiger partial charge on any atom is -0.118 e. The lowest BCUT2D eigenvalue weighted by Gasteiger charge is -2.31. The van der Waals surface area contributed by atoms with E-state index >= 15 is 0 Å². The highest BCUT2D eigenvalue weighted by Crippen LogP contribution is 2.41. The summed E-state index contributed by atoms with van der Waals surface area (Å²) in [5.74, 6) is 2.24. The fourth-order valence-corrected chi connectivity index (χ4v) is 4.00. The minimum absolute atomic E-state index is 0.207. The molecule has 1 heteroatoms. The van der Waals surface area contributed by atoms with E-state index < -0.39 is 0 Å². The van der Waals surface area contributed by atoms with E-state index in [1.54, 1.807) is 0 Å². The molecule has 0 radical (unpaired) electrons. The van der Waals surface area contributed by atoms with Crippen LogP contribution in [0.15, 0.2) is 24.3 Å². The molecule has 1 aliphatic rings. The first-order valence-corrected chi connectivity index (χ1v) is 9.29. The molecule has 2 rings (SSSR count). The van der Waals surface area contributed by atoms with Crippen LogP contribution < -0.4 is 0 Å². The van der Waals surface area contributed by atoms with E-state index in [2.05, 4.69) is 45.0 Å². The molecule has 0 amide bonds. The molecule has 0 saturated heterocycles. The van der Waals surface area contributed by atoms with E-state index in [1.807, 2.05) is 0 Å². The Morgan fingerprint density at radius 1 is 1.00 bits per heavy atom. The SMILES string of the molecule is CCCCC1CCC(C(Cl)c2ccc(C(C)C)cc2)CC1. The van der Waals surface area contributed by atoms with Gasteiger partial charge in [-0.25, -0.2) is 0 Å². The Morgan fingerprint density at radius 2 is 1.57 bits per heavy atom. The van der Waals surface area contributed by atoms with Crippen molar-refractivity contribution >= 4 is 11.6 Å². The summed E-state index contributed by atoms with van der Waals surface area (Å²) in [5, 5.41) is 0.207. The third kappa shape index (κ3) is 4.74. The maximum atomic E-state index is 6.77. The van der Waals surface area contributed by atoms with E-state index in [-0.39, 0.29) is 5.38 Å². The van der Waals surface area contributed by atoms with Crippen molar-refractivity contribution in [3.05, 3.63) is 35.4 Å². The summed E-state index contributed by atoms with van der Waals surface area (Å²) >= 11 is 6.77. The van der Waals surface area contributed by atoms with Crippen molar-refractivity contribution in [1.29, 1.82) is 0 Å². The maximum Gasteiger partial charge on any atom is 0.0613 e. The van der Waals surface area contributed by atoms with Crippen LogP contribution in [0.5, 0.6) is 0 Å². The molecule has 0 heterocycles. The van der Waals surface area contributed by atoms with Gasteiger partial charge in [0.2, 0.25) is 0 Å². The zero-order valence-corrected chi connectivity index (χ0v) is 14.7. The number of benzene rings is 1. The normalized spacial score (nSPS) is 24.2. The van der Waals surface area contributed by atoms with Gasteiger partial charge in [0.05, 0.1) is 5.38 Å². The molecule has 118 valence electrons. The molecular formula is C20H31Cl. The lowest BCUT2D eigenvalue weighted by molar-refractivity contribution is 0.254. The van der Waals surface area contributed by atoms with Crippen molar-refractivity contribution in [3.8, 4) is 0 Å². The van der Waals surface area contributed by atoms with Gasteiger partial charge in [0.15, 0.2) is 0 Å². The van der Waals surface area contributed by atoms with E-state index in [4.69, 9.17) is 11.6 Å². The molecule has 1 saturated carbocycles. The van der Waals surface area contributed by atoms with Gasteiger partial charge in [-0.3, -0.25) is 0 Å². The summed E-state index contributed by atoms with van der Waals surface area (Å²) in [7, 11) is 0. The smallest absolute Gasteiger partial charge is 0.0613 e. The number of halogens is 1. The largest absolute Gasteiger partial charge is 0.118 e. The number of alkyl halides is 1. The van der Waals surface area contributed by atoms with Crippen LogP contribution >= 0.6 is 11.6 Å². The summed E-state index contributed by atoms with van der Waals surface area (Å²) in [5.41, 5.74) is 2.73. The summed E-state index contributed by atoms with van der Waals surface area (Å²) in [6, 6.07) is 9.00. The summed E-state index contributed by atoms with van der Waals surface area (Å²) in [4.78, 5) is 0. The van der Waals surface area contributed by atoms with E-state index in [9.17, 15) is 0 Å². The van der Waals surface area contributed by atoms with Crippen LogP contribution in [-0.4, -0.2) is 0 Å². The average Bonchev–Trinajstić information content (AvgIpc) is 2.53. The molecular weight excluding hydrogens is 276 g/mol. The third-order valence-corrected chi connectivity index (χ3v) is 5.80. The molecule has 0 nitrogen and oxygen atoms in total. The monoisotopic (exact) mass is 306 g/mol. The van der Waals surface area contributed by atoms with Gasteiger partial charge >= 0.3 is 0 Å². The molecule has 0 bridgehead atoms. The zero-order chi connectivity index (χ0) is 15.2. The van der Waals surface area contributed by atoms with Crippen molar-refractivity contribution in [3.63, 3.8) is 0 Å². The molecule has 1 unspecified atom stereocenters. The lowest BCUT2D eigenvalue weighted by atomic mass is 9.77. The van der Waals surface area contributed by atoms with Crippen LogP contribution in [0.3, 0.4) is 0 Å². The van der Waals surface area contributed by atoms with Gasteiger partial charge in [0.1, 0.15) is 0 Å². The zero-order valence-electron chi connectivity index (χ0n) is 13.9. The second-order valence-corrected chi connectivity index (χ2v) is 7.62. The van der Waals surface area contributed by atoms with E-state index in [0.29, 0.717) is 11.8 Å². The standard InChI is InChI=1S/C20H31Cl/c1-4-5-6-16-7-9-18(10-8-16)20(21)19-13-11-17(12-14-19)15(2)3/h11-16,18,20H,4-10H2,1-3H3. The summed E-state index contributed by atoms with van der Waals surface area (Å²) in [6.45, 7) is 6.77. The molecule has 21 heavy (non-hydrogen) atoms. The first-order valence-electron chi connectivity index (χ1n) is 8.85. The highest BCUT2D eigenvalue weighted by Gasteiger charge is 2.27. The molecule has 0 aliphatic heterocycles. The Morgan fingerprint density at radius 3 is 2.10 bits per heavy atom. The lowest BCUT2D eigenvalue weighted by Crippen LogP contribution is -2.18. The van der Waals surface area contributed by atoms with Crippen molar-refractivity contribution in [2.75, 3.05) is 0 Å². The van der Waals surface area contributed by atoms with Crippen LogP contribution in [0.2, 0.25) is 0 Å². The Balaban J connectivity index is 1.87. The van der Waals surface area contributed by atoms with Gasteiger partial charge < -0.3 is 0 Å². The van der Waals surface area contributed by atoms with Crippen LogP contribution in [0, 0.1) is 11.8 Å². The summed E-state index contributed by atoms with van der Waals surface area (Å²) < 4.78 is 0. The van der Waals surface area contributed by atoms with Crippen molar-refractivity contribution in [1.82, 2.24) is 0 Å². The minimum atomic E-state index is 0.207. The molecule has 1 aromatic carbocycles. The number of hydrogen-bond donors (Lipinski definition) is 0. The molecule has 0 spiro atoms. The second kappa shape index (κ2) is 8.22. The quantitative estimate of drug-likeness (QED) is 0.492. The number of hydrogen-bond acceptors (Lipinski definition) is 0. The van der Waals surface area contributed by atoms with Crippen molar-refractivity contribution in [2.24, 2.45) is 11.8 Å². The molecule has 1 aromatic rings. The predicted octanol–water partition coefficient (Wildman–Crippen LogP) is 7.09. The Labute approximate surface area is 136 Å². The summed E-state index contributed by atoms with van der Waals surface area (Å²) in [6.07, 6.45) is 9.56. The molecule has 0 N–H and O–H groups in total. The van der Waals surface area contributed by atoms with Gasteiger partial charge in [0.25, 0.3) is 0 Å². The van der Waals surface area contributed by atoms with Gasteiger partial charge in [-0.15, -0.1) is 11.6 Å².